The molecule has 1 aromatic carbocycles. The Bertz CT molecular complexity index is 350. The van der Waals surface area contributed by atoms with Crippen LogP contribution in [0.4, 0.5) is 0 Å². The molecule has 0 aliphatic carbocycles. The predicted molar refractivity (Wildman–Crippen MR) is 85.5 cm³/mol. The molecule has 1 atom stereocenters. The fourth-order valence-electron chi connectivity index (χ4n) is 2.03. The summed E-state index contributed by atoms with van der Waals surface area (Å²) in [5.74, 6) is 0. The van der Waals surface area contributed by atoms with Crippen molar-refractivity contribution in [2.45, 2.75) is 66.3 Å². The van der Waals surface area contributed by atoms with Gasteiger partial charge in [-0.25, -0.2) is 0 Å². The van der Waals surface area contributed by atoms with Gasteiger partial charge in [0.2, 0.25) is 0 Å². The van der Waals surface area contributed by atoms with Crippen LogP contribution in [0.25, 0.3) is 0 Å². The van der Waals surface area contributed by atoms with Crippen molar-refractivity contribution in [1.82, 2.24) is 5.32 Å². The lowest BCUT2D eigenvalue weighted by molar-refractivity contribution is 0.314. The Hall–Kier alpha value is -0.820. The largest absolute Gasteiger partial charge is 0.310 e. The van der Waals surface area contributed by atoms with Gasteiger partial charge in [-0.2, -0.15) is 0 Å². The number of benzene rings is 1. The molecule has 0 bridgehead atoms. The first-order valence-electron chi connectivity index (χ1n) is 7.80. The summed E-state index contributed by atoms with van der Waals surface area (Å²) < 4.78 is 0. The van der Waals surface area contributed by atoms with Gasteiger partial charge >= 0.3 is 0 Å². The fourth-order valence-corrected chi connectivity index (χ4v) is 2.03. The van der Waals surface area contributed by atoms with Crippen molar-refractivity contribution in [3.8, 4) is 0 Å². The van der Waals surface area contributed by atoms with E-state index in [4.69, 9.17) is 0 Å². The molecular formula is C18H31N. The maximum absolute atomic E-state index is 3.65. The molecule has 0 saturated heterocycles. The molecule has 0 fully saturated rings. The van der Waals surface area contributed by atoms with Gasteiger partial charge in [-0.05, 0) is 42.7 Å². The highest BCUT2D eigenvalue weighted by molar-refractivity contribution is 5.24. The Balaban J connectivity index is 2.50. The predicted octanol–water partition coefficient (Wildman–Crippen LogP) is 5.12. The van der Waals surface area contributed by atoms with E-state index in [0.29, 0.717) is 11.5 Å². The summed E-state index contributed by atoms with van der Waals surface area (Å²) in [6, 6.07) is 9.57. The molecule has 0 aliphatic heterocycles. The van der Waals surface area contributed by atoms with Crippen LogP contribution in [0.5, 0.6) is 0 Å². The summed E-state index contributed by atoms with van der Waals surface area (Å²) in [5.41, 5.74) is 3.24. The van der Waals surface area contributed by atoms with E-state index in [1.165, 1.54) is 36.8 Å². The van der Waals surface area contributed by atoms with Crippen LogP contribution in [0.15, 0.2) is 24.3 Å². The van der Waals surface area contributed by atoms with Crippen LogP contribution in [0.2, 0.25) is 0 Å². The minimum Gasteiger partial charge on any atom is -0.310 e. The Morgan fingerprint density at radius 3 is 2.26 bits per heavy atom. The first-order chi connectivity index (χ1) is 8.98. The fraction of sp³-hybridized carbons (Fsp3) is 0.667. The van der Waals surface area contributed by atoms with E-state index < -0.39 is 0 Å². The van der Waals surface area contributed by atoms with Crippen LogP contribution in [0.1, 0.15) is 71.0 Å². The Morgan fingerprint density at radius 1 is 1.11 bits per heavy atom. The standard InChI is InChI=1S/C18H31N/c1-6-8-9-16-10-12-17(13-11-16)15(3)19-14-18(4,5)7-2/h10-13,15,19H,6-9,14H2,1-5H3. The molecule has 0 spiro atoms. The topological polar surface area (TPSA) is 12.0 Å². The molecule has 0 aromatic heterocycles. The first-order valence-corrected chi connectivity index (χ1v) is 7.80. The second-order valence-electron chi connectivity index (χ2n) is 6.47. The normalized spacial score (nSPS) is 13.5. The van der Waals surface area contributed by atoms with Gasteiger partial charge in [-0.1, -0.05) is 58.4 Å². The number of rotatable bonds is 8. The summed E-state index contributed by atoms with van der Waals surface area (Å²) in [5, 5.41) is 3.65. The van der Waals surface area contributed by atoms with Crippen molar-refractivity contribution in [2.24, 2.45) is 5.41 Å². The van der Waals surface area contributed by atoms with E-state index in [-0.39, 0.29) is 0 Å². The Morgan fingerprint density at radius 2 is 1.74 bits per heavy atom. The molecule has 1 nitrogen and oxygen atoms in total. The van der Waals surface area contributed by atoms with Gasteiger partial charge in [0, 0.05) is 12.6 Å². The summed E-state index contributed by atoms with van der Waals surface area (Å²) in [6.07, 6.45) is 4.98. The van der Waals surface area contributed by atoms with Gasteiger partial charge in [0.05, 0.1) is 0 Å². The molecule has 0 heterocycles. The number of nitrogens with one attached hydrogen (secondary N) is 1. The summed E-state index contributed by atoms with van der Waals surface area (Å²) in [6.45, 7) is 12.5. The van der Waals surface area contributed by atoms with E-state index in [2.05, 4.69) is 64.2 Å². The molecule has 1 rings (SSSR count). The first kappa shape index (κ1) is 16.2. The Labute approximate surface area is 119 Å². The highest BCUT2D eigenvalue weighted by Crippen LogP contribution is 2.21. The molecule has 0 radical (unpaired) electrons. The van der Waals surface area contributed by atoms with E-state index in [0.717, 1.165) is 6.54 Å². The third-order valence-electron chi connectivity index (χ3n) is 4.14. The van der Waals surface area contributed by atoms with Gasteiger partial charge < -0.3 is 5.32 Å². The molecule has 1 N–H and O–H groups in total. The molecular weight excluding hydrogens is 230 g/mol. The van der Waals surface area contributed by atoms with Crippen molar-refractivity contribution in [1.29, 1.82) is 0 Å². The highest BCUT2D eigenvalue weighted by atomic mass is 14.9. The molecule has 1 unspecified atom stereocenters. The lowest BCUT2D eigenvalue weighted by Crippen LogP contribution is -2.30. The van der Waals surface area contributed by atoms with Gasteiger partial charge in [-0.3, -0.25) is 0 Å². The monoisotopic (exact) mass is 261 g/mol. The average Bonchev–Trinajstić information content (AvgIpc) is 2.43. The van der Waals surface area contributed by atoms with E-state index in [1.54, 1.807) is 0 Å². The van der Waals surface area contributed by atoms with Crippen molar-refractivity contribution in [3.63, 3.8) is 0 Å². The number of hydrogen-bond acceptors (Lipinski definition) is 1. The van der Waals surface area contributed by atoms with Gasteiger partial charge in [-0.15, -0.1) is 0 Å². The summed E-state index contributed by atoms with van der Waals surface area (Å²) >= 11 is 0. The second-order valence-corrected chi connectivity index (χ2v) is 6.47. The van der Waals surface area contributed by atoms with Crippen LogP contribution >= 0.6 is 0 Å². The lowest BCUT2D eigenvalue weighted by Gasteiger charge is -2.26. The van der Waals surface area contributed by atoms with Crippen LogP contribution in [0, 0.1) is 5.41 Å². The SMILES string of the molecule is CCCCc1ccc(C(C)NCC(C)(C)CC)cc1. The minimum absolute atomic E-state index is 0.384. The van der Waals surface area contributed by atoms with E-state index >= 15 is 0 Å². The third kappa shape index (κ3) is 5.78. The maximum atomic E-state index is 3.65. The van der Waals surface area contributed by atoms with Crippen molar-refractivity contribution in [2.75, 3.05) is 6.54 Å². The lowest BCUT2D eigenvalue weighted by atomic mass is 9.90. The van der Waals surface area contributed by atoms with Crippen molar-refractivity contribution < 1.29 is 0 Å². The van der Waals surface area contributed by atoms with E-state index in [1.807, 2.05) is 0 Å². The quantitative estimate of drug-likeness (QED) is 0.685. The van der Waals surface area contributed by atoms with E-state index in [9.17, 15) is 0 Å². The van der Waals surface area contributed by atoms with Crippen LogP contribution in [-0.4, -0.2) is 6.54 Å². The molecule has 0 amide bonds. The van der Waals surface area contributed by atoms with Gasteiger partial charge in [0.25, 0.3) is 0 Å². The van der Waals surface area contributed by atoms with Crippen molar-refractivity contribution in [3.05, 3.63) is 35.4 Å². The third-order valence-corrected chi connectivity index (χ3v) is 4.14. The van der Waals surface area contributed by atoms with Gasteiger partial charge in [0.15, 0.2) is 0 Å². The zero-order chi connectivity index (χ0) is 14.3. The molecule has 0 saturated carbocycles. The summed E-state index contributed by atoms with van der Waals surface area (Å²) in [4.78, 5) is 0. The molecule has 1 heteroatoms. The highest BCUT2D eigenvalue weighted by Gasteiger charge is 2.16. The number of unbranched alkanes of at least 4 members (excludes halogenated alkanes) is 1. The average molecular weight is 261 g/mol. The second kappa shape index (κ2) is 7.69. The van der Waals surface area contributed by atoms with Crippen LogP contribution in [0.3, 0.4) is 0 Å². The van der Waals surface area contributed by atoms with Crippen LogP contribution in [-0.2, 0) is 6.42 Å². The zero-order valence-corrected chi connectivity index (χ0v) is 13.4. The van der Waals surface area contributed by atoms with Crippen molar-refractivity contribution >= 4 is 0 Å². The zero-order valence-electron chi connectivity index (χ0n) is 13.4. The number of aryl methyl sites for hydroxylation is 1. The Kier molecular flexibility index (Phi) is 6.57. The van der Waals surface area contributed by atoms with Gasteiger partial charge in [0.1, 0.15) is 0 Å². The summed E-state index contributed by atoms with van der Waals surface area (Å²) in [7, 11) is 0. The molecule has 1 aromatic rings. The number of hydrogen-bond donors (Lipinski definition) is 1. The molecule has 0 aliphatic rings. The molecule has 108 valence electrons. The van der Waals surface area contributed by atoms with Crippen LogP contribution < -0.4 is 5.32 Å². The smallest absolute Gasteiger partial charge is 0.0292 e. The molecule has 19 heavy (non-hydrogen) atoms. The maximum Gasteiger partial charge on any atom is 0.0292 e. The minimum atomic E-state index is 0.384.